The summed E-state index contributed by atoms with van der Waals surface area (Å²) in [5.41, 5.74) is 0.414. The third-order valence-electron chi connectivity index (χ3n) is 3.38. The average Bonchev–Trinajstić information content (AvgIpc) is 3.15. The van der Waals surface area contributed by atoms with Gasteiger partial charge in [0, 0.05) is 5.56 Å². The van der Waals surface area contributed by atoms with Gasteiger partial charge in [0.05, 0.1) is 0 Å². The molecule has 1 aromatic carbocycles. The van der Waals surface area contributed by atoms with Gasteiger partial charge in [-0.05, 0) is 37.0 Å². The monoisotopic (exact) mass is 265 g/mol. The van der Waals surface area contributed by atoms with E-state index in [9.17, 15) is 14.0 Å². The summed E-state index contributed by atoms with van der Waals surface area (Å²) in [7, 11) is 0. The first-order chi connectivity index (χ1) is 8.99. The van der Waals surface area contributed by atoms with Crippen molar-refractivity contribution in [2.24, 2.45) is 5.92 Å². The van der Waals surface area contributed by atoms with E-state index in [0.29, 0.717) is 12.3 Å². The summed E-state index contributed by atoms with van der Waals surface area (Å²) in [6, 6.07) is 3.30. The summed E-state index contributed by atoms with van der Waals surface area (Å²) in [4.78, 5) is 23.1. The van der Waals surface area contributed by atoms with Gasteiger partial charge in [-0.15, -0.1) is 0 Å². The number of carbonyl (C=O) groups excluding carboxylic acids is 1. The van der Waals surface area contributed by atoms with Gasteiger partial charge in [0.25, 0.3) is 5.91 Å². The number of carboxylic acid groups (broad SMARTS) is 1. The van der Waals surface area contributed by atoms with Gasteiger partial charge in [0.1, 0.15) is 11.9 Å². The van der Waals surface area contributed by atoms with Crippen molar-refractivity contribution >= 4 is 11.9 Å². The zero-order valence-corrected chi connectivity index (χ0v) is 10.6. The van der Waals surface area contributed by atoms with Gasteiger partial charge in [-0.25, -0.2) is 9.18 Å². The van der Waals surface area contributed by atoms with E-state index in [1.165, 1.54) is 25.1 Å². The topological polar surface area (TPSA) is 66.4 Å². The van der Waals surface area contributed by atoms with E-state index < -0.39 is 23.7 Å². The molecule has 102 valence electrons. The molecule has 0 saturated heterocycles. The molecule has 5 heteroatoms. The number of aliphatic carboxylic acids is 1. The number of carbonyl (C=O) groups is 2. The lowest BCUT2D eigenvalue weighted by Crippen LogP contribution is -2.41. The summed E-state index contributed by atoms with van der Waals surface area (Å²) in [5.74, 6) is -1.67. The molecule has 2 rings (SSSR count). The first kappa shape index (κ1) is 13.5. The molecule has 0 heterocycles. The average molecular weight is 265 g/mol. The molecular formula is C14H16FNO3. The Morgan fingerprint density at radius 1 is 1.47 bits per heavy atom. The highest BCUT2D eigenvalue weighted by molar-refractivity contribution is 5.97. The standard InChI is InChI=1S/C14H16FNO3/c1-8-10(3-2-4-11(8)15)13(17)16-12(14(18)19)7-9-5-6-9/h2-4,9,12H,5-7H2,1H3,(H,16,17)(H,18,19). The predicted octanol–water partition coefficient (Wildman–Crippen LogP) is 2.12. The number of rotatable bonds is 5. The molecule has 1 amide bonds. The molecule has 0 radical (unpaired) electrons. The molecule has 1 fully saturated rings. The number of hydrogen-bond donors (Lipinski definition) is 2. The second-order valence-electron chi connectivity index (χ2n) is 4.96. The summed E-state index contributed by atoms with van der Waals surface area (Å²) in [5, 5.41) is 11.5. The first-order valence-corrected chi connectivity index (χ1v) is 6.28. The van der Waals surface area contributed by atoms with Gasteiger partial charge in [-0.2, -0.15) is 0 Å². The summed E-state index contributed by atoms with van der Waals surface area (Å²) < 4.78 is 13.4. The van der Waals surface area contributed by atoms with Crippen LogP contribution in [0.3, 0.4) is 0 Å². The molecule has 4 nitrogen and oxygen atoms in total. The highest BCUT2D eigenvalue weighted by Gasteiger charge is 2.30. The van der Waals surface area contributed by atoms with E-state index in [2.05, 4.69) is 5.32 Å². The molecule has 0 aliphatic heterocycles. The number of nitrogens with one attached hydrogen (secondary N) is 1. The van der Waals surface area contributed by atoms with Crippen LogP contribution in [0.2, 0.25) is 0 Å². The van der Waals surface area contributed by atoms with Gasteiger partial charge in [0.2, 0.25) is 0 Å². The molecule has 1 unspecified atom stereocenters. The van der Waals surface area contributed by atoms with Crippen LogP contribution in [0.5, 0.6) is 0 Å². The number of amides is 1. The van der Waals surface area contributed by atoms with E-state index >= 15 is 0 Å². The van der Waals surface area contributed by atoms with Crippen molar-refractivity contribution in [2.45, 2.75) is 32.2 Å². The van der Waals surface area contributed by atoms with Crippen molar-refractivity contribution < 1.29 is 19.1 Å². The van der Waals surface area contributed by atoms with E-state index in [4.69, 9.17) is 5.11 Å². The lowest BCUT2D eigenvalue weighted by Gasteiger charge is -2.15. The van der Waals surface area contributed by atoms with Crippen molar-refractivity contribution in [1.29, 1.82) is 0 Å². The zero-order chi connectivity index (χ0) is 14.0. The lowest BCUT2D eigenvalue weighted by molar-refractivity contribution is -0.139. The van der Waals surface area contributed by atoms with E-state index in [1.807, 2.05) is 0 Å². The van der Waals surface area contributed by atoms with Gasteiger partial charge >= 0.3 is 5.97 Å². The summed E-state index contributed by atoms with van der Waals surface area (Å²) >= 11 is 0. The number of halogens is 1. The van der Waals surface area contributed by atoms with Crippen LogP contribution in [-0.2, 0) is 4.79 Å². The fourth-order valence-electron chi connectivity index (χ4n) is 2.00. The lowest BCUT2D eigenvalue weighted by atomic mass is 10.1. The largest absolute Gasteiger partial charge is 0.480 e. The maximum atomic E-state index is 13.4. The van der Waals surface area contributed by atoms with Crippen LogP contribution < -0.4 is 5.32 Å². The molecular weight excluding hydrogens is 249 g/mol. The normalized spacial score (nSPS) is 15.9. The predicted molar refractivity (Wildman–Crippen MR) is 67.4 cm³/mol. The Hall–Kier alpha value is -1.91. The second-order valence-corrected chi connectivity index (χ2v) is 4.96. The third-order valence-corrected chi connectivity index (χ3v) is 3.38. The van der Waals surface area contributed by atoms with Crippen LogP contribution in [-0.4, -0.2) is 23.0 Å². The minimum Gasteiger partial charge on any atom is -0.480 e. The Morgan fingerprint density at radius 3 is 2.74 bits per heavy atom. The Bertz CT molecular complexity index is 511. The van der Waals surface area contributed by atoms with Crippen LogP contribution in [0.15, 0.2) is 18.2 Å². The maximum Gasteiger partial charge on any atom is 0.326 e. The van der Waals surface area contributed by atoms with E-state index in [0.717, 1.165) is 12.8 Å². The van der Waals surface area contributed by atoms with Crippen LogP contribution in [0.1, 0.15) is 35.2 Å². The maximum absolute atomic E-state index is 13.4. The minimum atomic E-state index is -1.05. The molecule has 1 saturated carbocycles. The van der Waals surface area contributed by atoms with Crippen LogP contribution in [0.4, 0.5) is 4.39 Å². The molecule has 1 aliphatic rings. The van der Waals surface area contributed by atoms with Gasteiger partial charge in [-0.3, -0.25) is 4.79 Å². The van der Waals surface area contributed by atoms with Crippen LogP contribution in [0.25, 0.3) is 0 Å². The second kappa shape index (κ2) is 5.38. The zero-order valence-electron chi connectivity index (χ0n) is 10.6. The Balaban J connectivity index is 2.09. The number of carboxylic acids is 1. The highest BCUT2D eigenvalue weighted by Crippen LogP contribution is 2.33. The van der Waals surface area contributed by atoms with Gasteiger partial charge in [-0.1, -0.05) is 18.9 Å². The Kier molecular flexibility index (Phi) is 3.83. The van der Waals surface area contributed by atoms with Crippen molar-refractivity contribution in [2.75, 3.05) is 0 Å². The quantitative estimate of drug-likeness (QED) is 0.857. The molecule has 1 aliphatic carbocycles. The van der Waals surface area contributed by atoms with Crippen molar-refractivity contribution in [3.8, 4) is 0 Å². The molecule has 0 bridgehead atoms. The Morgan fingerprint density at radius 2 is 2.16 bits per heavy atom. The first-order valence-electron chi connectivity index (χ1n) is 6.28. The minimum absolute atomic E-state index is 0.182. The molecule has 0 aromatic heterocycles. The molecule has 1 aromatic rings. The SMILES string of the molecule is Cc1c(F)cccc1C(=O)NC(CC1CC1)C(=O)O. The molecule has 2 N–H and O–H groups in total. The summed E-state index contributed by atoms with van der Waals surface area (Å²) in [6.45, 7) is 1.50. The van der Waals surface area contributed by atoms with E-state index in [-0.39, 0.29) is 11.1 Å². The molecule has 19 heavy (non-hydrogen) atoms. The van der Waals surface area contributed by atoms with Gasteiger partial charge < -0.3 is 10.4 Å². The fourth-order valence-corrected chi connectivity index (χ4v) is 2.00. The fraction of sp³-hybridized carbons (Fsp3) is 0.429. The van der Waals surface area contributed by atoms with Crippen LogP contribution in [0, 0.1) is 18.7 Å². The smallest absolute Gasteiger partial charge is 0.326 e. The van der Waals surface area contributed by atoms with Crippen LogP contribution >= 0.6 is 0 Å². The summed E-state index contributed by atoms with van der Waals surface area (Å²) in [6.07, 6.45) is 2.47. The van der Waals surface area contributed by atoms with Crippen molar-refractivity contribution in [1.82, 2.24) is 5.32 Å². The van der Waals surface area contributed by atoms with Crippen molar-refractivity contribution in [3.05, 3.63) is 35.1 Å². The Labute approximate surface area is 110 Å². The van der Waals surface area contributed by atoms with Crippen molar-refractivity contribution in [3.63, 3.8) is 0 Å². The number of hydrogen-bond acceptors (Lipinski definition) is 2. The third kappa shape index (κ3) is 3.30. The molecule has 1 atom stereocenters. The van der Waals surface area contributed by atoms with E-state index in [1.54, 1.807) is 0 Å². The molecule has 0 spiro atoms. The van der Waals surface area contributed by atoms with Gasteiger partial charge in [0.15, 0.2) is 0 Å². The number of benzene rings is 1. The highest BCUT2D eigenvalue weighted by atomic mass is 19.1.